The Morgan fingerprint density at radius 3 is 2.75 bits per heavy atom. The van der Waals surface area contributed by atoms with E-state index in [1.165, 1.54) is 24.2 Å². The highest BCUT2D eigenvalue weighted by molar-refractivity contribution is 7.18. The molecule has 0 amide bonds. The summed E-state index contributed by atoms with van der Waals surface area (Å²) in [7, 11) is 0. The van der Waals surface area contributed by atoms with Crippen molar-refractivity contribution in [3.63, 3.8) is 0 Å². The number of hydrogen-bond donors (Lipinski definition) is 1. The van der Waals surface area contributed by atoms with E-state index in [4.69, 9.17) is 0 Å². The van der Waals surface area contributed by atoms with Gasteiger partial charge in [0.1, 0.15) is 5.69 Å². The van der Waals surface area contributed by atoms with Crippen molar-refractivity contribution in [3.05, 3.63) is 27.3 Å². The van der Waals surface area contributed by atoms with E-state index in [1.807, 2.05) is 13.0 Å². The summed E-state index contributed by atoms with van der Waals surface area (Å²) in [5.41, 5.74) is 1.54. The zero-order valence-electron chi connectivity index (χ0n) is 11.6. The summed E-state index contributed by atoms with van der Waals surface area (Å²) < 4.78 is 0.872. The van der Waals surface area contributed by atoms with Crippen LogP contribution in [0.15, 0.2) is 12.1 Å². The molecular weight excluding hydrogens is 274 g/mol. The molecule has 20 heavy (non-hydrogen) atoms. The van der Waals surface area contributed by atoms with Crippen LogP contribution in [0.1, 0.15) is 37.6 Å². The van der Waals surface area contributed by atoms with E-state index < -0.39 is 0 Å². The Balaban J connectivity index is 2.07. The van der Waals surface area contributed by atoms with Gasteiger partial charge in [0.2, 0.25) is 0 Å². The molecule has 106 valence electrons. The Morgan fingerprint density at radius 1 is 1.40 bits per heavy atom. The first-order valence-corrected chi connectivity index (χ1v) is 7.62. The van der Waals surface area contributed by atoms with Gasteiger partial charge in [-0.25, -0.2) is 4.98 Å². The van der Waals surface area contributed by atoms with Crippen molar-refractivity contribution in [3.8, 4) is 0 Å². The van der Waals surface area contributed by atoms with Crippen LogP contribution >= 0.6 is 11.3 Å². The quantitative estimate of drug-likeness (QED) is 0.677. The molecule has 1 aliphatic carbocycles. The number of nitrogens with one attached hydrogen (secondary N) is 1. The summed E-state index contributed by atoms with van der Waals surface area (Å²) in [6, 6.07) is 3.46. The first-order valence-electron chi connectivity index (χ1n) is 6.81. The second-order valence-corrected chi connectivity index (χ2v) is 6.95. The highest BCUT2D eigenvalue weighted by atomic mass is 32.1. The molecule has 0 spiro atoms. The summed E-state index contributed by atoms with van der Waals surface area (Å²) in [5.74, 6) is 0. The van der Waals surface area contributed by atoms with Gasteiger partial charge < -0.3 is 5.32 Å². The molecule has 5 nitrogen and oxygen atoms in total. The predicted molar refractivity (Wildman–Crippen MR) is 81.5 cm³/mol. The molecule has 0 saturated heterocycles. The number of thiazole rings is 1. The molecule has 0 aliphatic heterocycles. The molecule has 1 heterocycles. The molecule has 1 saturated carbocycles. The molecular formula is C14H17N3O2S. The van der Waals surface area contributed by atoms with Crippen molar-refractivity contribution in [1.29, 1.82) is 0 Å². The molecule has 0 bridgehead atoms. The molecule has 6 heteroatoms. The highest BCUT2D eigenvalue weighted by Crippen LogP contribution is 2.38. The number of aromatic nitrogens is 1. The fourth-order valence-electron chi connectivity index (χ4n) is 2.93. The first kappa shape index (κ1) is 13.3. The molecule has 1 aromatic heterocycles. The molecule has 1 aliphatic rings. The second-order valence-electron chi connectivity index (χ2n) is 5.72. The summed E-state index contributed by atoms with van der Waals surface area (Å²) in [5, 5.41) is 15.6. The Hall–Kier alpha value is -1.69. The van der Waals surface area contributed by atoms with Gasteiger partial charge in [-0.1, -0.05) is 12.8 Å². The van der Waals surface area contributed by atoms with Gasteiger partial charge in [0.05, 0.1) is 20.1 Å². The van der Waals surface area contributed by atoms with E-state index in [0.29, 0.717) is 5.69 Å². The standard InChI is InChI=1S/C14H17N3O2S/c1-9-15-11-7-10(16-14(2)5-3-4-6-14)12(17(18)19)8-13(11)20-9/h7-8,16H,3-6H2,1-2H3. The minimum Gasteiger partial charge on any atom is -0.374 e. The van der Waals surface area contributed by atoms with E-state index in [2.05, 4.69) is 17.2 Å². The molecule has 3 rings (SSSR count). The minimum atomic E-state index is -0.310. The van der Waals surface area contributed by atoms with E-state index in [-0.39, 0.29) is 16.1 Å². The van der Waals surface area contributed by atoms with E-state index >= 15 is 0 Å². The van der Waals surface area contributed by atoms with Crippen molar-refractivity contribution < 1.29 is 4.92 Å². The monoisotopic (exact) mass is 291 g/mol. The smallest absolute Gasteiger partial charge is 0.293 e. The van der Waals surface area contributed by atoms with Crippen LogP contribution in [-0.2, 0) is 0 Å². The summed E-state index contributed by atoms with van der Waals surface area (Å²) in [6.07, 6.45) is 4.46. The van der Waals surface area contributed by atoms with Crippen molar-refractivity contribution in [2.45, 2.75) is 45.1 Å². The third kappa shape index (κ3) is 2.35. The Labute approximate surface area is 121 Å². The summed E-state index contributed by atoms with van der Waals surface area (Å²) >= 11 is 1.49. The third-order valence-corrected chi connectivity index (χ3v) is 4.89. The number of nitrogens with zero attached hydrogens (tertiary/aromatic N) is 2. The van der Waals surface area contributed by atoms with Gasteiger partial charge in [-0.3, -0.25) is 10.1 Å². The fraction of sp³-hybridized carbons (Fsp3) is 0.500. The topological polar surface area (TPSA) is 68.1 Å². The van der Waals surface area contributed by atoms with Gasteiger partial charge >= 0.3 is 0 Å². The SMILES string of the molecule is Cc1nc2cc(NC3(C)CCCC3)c([N+](=O)[O-])cc2s1. The van der Waals surface area contributed by atoms with Crippen LogP contribution in [0.25, 0.3) is 10.2 Å². The van der Waals surface area contributed by atoms with E-state index in [1.54, 1.807) is 6.07 Å². The number of benzene rings is 1. The molecule has 0 atom stereocenters. The average molecular weight is 291 g/mol. The van der Waals surface area contributed by atoms with Crippen molar-refractivity contribution in [2.24, 2.45) is 0 Å². The van der Waals surface area contributed by atoms with E-state index in [0.717, 1.165) is 28.1 Å². The molecule has 1 fully saturated rings. The van der Waals surface area contributed by atoms with Crippen LogP contribution in [-0.4, -0.2) is 15.4 Å². The number of anilines is 1. The fourth-order valence-corrected chi connectivity index (χ4v) is 3.78. The predicted octanol–water partition coefficient (Wildman–Crippen LogP) is 4.26. The van der Waals surface area contributed by atoms with Crippen LogP contribution in [0.4, 0.5) is 11.4 Å². The third-order valence-electron chi connectivity index (χ3n) is 3.95. The first-order chi connectivity index (χ1) is 9.47. The van der Waals surface area contributed by atoms with Crippen molar-refractivity contribution in [1.82, 2.24) is 4.98 Å². The van der Waals surface area contributed by atoms with Crippen LogP contribution in [0.3, 0.4) is 0 Å². The van der Waals surface area contributed by atoms with Gasteiger partial charge in [0.15, 0.2) is 0 Å². The molecule has 1 N–H and O–H groups in total. The Bertz CT molecular complexity index is 674. The number of nitro benzene ring substituents is 1. The summed E-state index contributed by atoms with van der Waals surface area (Å²) in [4.78, 5) is 15.4. The lowest BCUT2D eigenvalue weighted by Gasteiger charge is -2.26. The van der Waals surface area contributed by atoms with Crippen molar-refractivity contribution in [2.75, 3.05) is 5.32 Å². The number of fused-ring (bicyclic) bond motifs is 1. The van der Waals surface area contributed by atoms with Crippen LogP contribution in [0.5, 0.6) is 0 Å². The van der Waals surface area contributed by atoms with Crippen LogP contribution in [0, 0.1) is 17.0 Å². The lowest BCUT2D eigenvalue weighted by atomic mass is 10.00. The Kier molecular flexibility index (Phi) is 3.12. The molecule has 0 radical (unpaired) electrons. The lowest BCUT2D eigenvalue weighted by Crippen LogP contribution is -2.31. The van der Waals surface area contributed by atoms with E-state index in [9.17, 15) is 10.1 Å². The molecule has 1 aromatic carbocycles. The maximum Gasteiger partial charge on any atom is 0.293 e. The van der Waals surface area contributed by atoms with Crippen LogP contribution < -0.4 is 5.32 Å². The van der Waals surface area contributed by atoms with Gasteiger partial charge in [0, 0.05) is 11.6 Å². The maximum absolute atomic E-state index is 11.3. The number of nitro groups is 1. The average Bonchev–Trinajstić information content (AvgIpc) is 2.93. The normalized spacial score (nSPS) is 17.5. The highest BCUT2D eigenvalue weighted by Gasteiger charge is 2.31. The lowest BCUT2D eigenvalue weighted by molar-refractivity contribution is -0.383. The minimum absolute atomic E-state index is 0.0382. The van der Waals surface area contributed by atoms with Crippen molar-refractivity contribution >= 4 is 32.9 Å². The summed E-state index contributed by atoms with van der Waals surface area (Å²) in [6.45, 7) is 4.06. The van der Waals surface area contributed by atoms with Crippen LogP contribution in [0.2, 0.25) is 0 Å². The largest absolute Gasteiger partial charge is 0.374 e. The van der Waals surface area contributed by atoms with Gasteiger partial charge in [-0.2, -0.15) is 0 Å². The maximum atomic E-state index is 11.3. The molecule has 2 aromatic rings. The second kappa shape index (κ2) is 4.70. The number of aryl methyl sites for hydroxylation is 1. The van der Waals surface area contributed by atoms with Gasteiger partial charge in [0.25, 0.3) is 5.69 Å². The molecule has 0 unspecified atom stereocenters. The van der Waals surface area contributed by atoms with Gasteiger partial charge in [-0.05, 0) is 32.8 Å². The zero-order valence-corrected chi connectivity index (χ0v) is 12.4. The Morgan fingerprint density at radius 2 is 2.10 bits per heavy atom. The number of rotatable bonds is 3. The zero-order chi connectivity index (χ0) is 14.3. The number of hydrogen-bond acceptors (Lipinski definition) is 5. The van der Waals surface area contributed by atoms with Gasteiger partial charge in [-0.15, -0.1) is 11.3 Å².